The minimum atomic E-state index is -0.407. The van der Waals surface area contributed by atoms with Gasteiger partial charge in [-0.1, -0.05) is 12.1 Å². The van der Waals surface area contributed by atoms with Crippen LogP contribution in [0.3, 0.4) is 0 Å². The van der Waals surface area contributed by atoms with Gasteiger partial charge in [-0.25, -0.2) is 4.79 Å². The number of hydrogen-bond donors (Lipinski definition) is 1. The molecule has 1 aromatic heterocycles. The third kappa shape index (κ3) is 3.77. The number of ether oxygens (including phenoxy) is 1. The first kappa shape index (κ1) is 17.7. The quantitative estimate of drug-likeness (QED) is 0.807. The number of aromatic nitrogens is 1. The molecule has 1 saturated carbocycles. The number of anilines is 1. The fraction of sp³-hybridized carbons (Fsp3) is 0.350. The lowest BCUT2D eigenvalue weighted by Crippen LogP contribution is -2.17. The van der Waals surface area contributed by atoms with Crippen LogP contribution in [0.4, 0.5) is 5.69 Å². The molecule has 26 heavy (non-hydrogen) atoms. The van der Waals surface area contributed by atoms with Crippen LogP contribution < -0.4 is 5.32 Å². The number of para-hydroxylation sites is 1. The predicted molar refractivity (Wildman–Crippen MR) is 96.9 cm³/mol. The van der Waals surface area contributed by atoms with Gasteiger partial charge in [-0.05, 0) is 44.9 Å². The minimum absolute atomic E-state index is 0.00746. The molecule has 1 N–H and O–H groups in total. The average Bonchev–Trinajstić information content (AvgIpc) is 3.40. The van der Waals surface area contributed by atoms with Crippen molar-refractivity contribution in [3.8, 4) is 6.07 Å². The molecule has 1 amide bonds. The van der Waals surface area contributed by atoms with Gasteiger partial charge in [0, 0.05) is 17.4 Å². The van der Waals surface area contributed by atoms with Crippen LogP contribution in [0.15, 0.2) is 30.3 Å². The van der Waals surface area contributed by atoms with Crippen LogP contribution in [0, 0.1) is 25.2 Å². The molecule has 0 spiro atoms. The first-order valence-electron chi connectivity index (χ1n) is 8.65. The summed E-state index contributed by atoms with van der Waals surface area (Å²) >= 11 is 0. The number of aryl methyl sites for hydroxylation is 1. The van der Waals surface area contributed by atoms with E-state index < -0.39 is 5.97 Å². The van der Waals surface area contributed by atoms with Gasteiger partial charge in [-0.15, -0.1) is 0 Å². The van der Waals surface area contributed by atoms with Crippen molar-refractivity contribution < 1.29 is 14.3 Å². The van der Waals surface area contributed by atoms with E-state index in [2.05, 4.69) is 9.88 Å². The molecule has 0 radical (unpaired) electrons. The summed E-state index contributed by atoms with van der Waals surface area (Å²) in [6.45, 7) is 3.90. The molecule has 3 rings (SSSR count). The Morgan fingerprint density at radius 2 is 2.04 bits per heavy atom. The van der Waals surface area contributed by atoms with Crippen molar-refractivity contribution in [1.82, 2.24) is 4.57 Å². The molecule has 6 nitrogen and oxygen atoms in total. The van der Waals surface area contributed by atoms with Gasteiger partial charge in [-0.3, -0.25) is 4.79 Å². The fourth-order valence-corrected chi connectivity index (χ4v) is 3.09. The number of nitriles is 1. The van der Waals surface area contributed by atoms with Gasteiger partial charge in [-0.2, -0.15) is 5.26 Å². The Balaban J connectivity index is 1.53. The van der Waals surface area contributed by atoms with Gasteiger partial charge >= 0.3 is 5.97 Å². The molecule has 0 atom stereocenters. The maximum absolute atomic E-state index is 12.3. The summed E-state index contributed by atoms with van der Waals surface area (Å²) in [6, 6.07) is 11.1. The smallest absolute Gasteiger partial charge is 0.339 e. The van der Waals surface area contributed by atoms with Crippen LogP contribution in [0.1, 0.15) is 52.6 Å². The largest absolute Gasteiger partial charge is 0.462 e. The summed E-state index contributed by atoms with van der Waals surface area (Å²) in [5.74, 6) is -0.709. The predicted octanol–water partition coefficient (Wildman–Crippen LogP) is 3.50. The SMILES string of the molecule is Cc1cc(C(=O)OCCC(=O)Nc2ccccc2C#N)c(C)n1C1CC1. The summed E-state index contributed by atoms with van der Waals surface area (Å²) < 4.78 is 7.45. The molecular formula is C20H21N3O3. The molecule has 1 aromatic carbocycles. The van der Waals surface area contributed by atoms with Crippen molar-refractivity contribution in [3.63, 3.8) is 0 Å². The van der Waals surface area contributed by atoms with Gasteiger partial charge in [0.15, 0.2) is 0 Å². The van der Waals surface area contributed by atoms with E-state index in [0.29, 0.717) is 22.9 Å². The molecule has 134 valence electrons. The van der Waals surface area contributed by atoms with E-state index in [0.717, 1.165) is 24.2 Å². The maximum atomic E-state index is 12.3. The zero-order chi connectivity index (χ0) is 18.7. The van der Waals surface area contributed by atoms with E-state index in [1.807, 2.05) is 26.0 Å². The van der Waals surface area contributed by atoms with E-state index in [-0.39, 0.29) is 18.9 Å². The Kier molecular flexibility index (Phi) is 5.08. The van der Waals surface area contributed by atoms with E-state index >= 15 is 0 Å². The monoisotopic (exact) mass is 351 g/mol. The van der Waals surface area contributed by atoms with Gasteiger partial charge in [0.25, 0.3) is 0 Å². The van der Waals surface area contributed by atoms with Gasteiger partial charge in [0.2, 0.25) is 5.91 Å². The second kappa shape index (κ2) is 7.44. The second-order valence-electron chi connectivity index (χ2n) is 6.48. The van der Waals surface area contributed by atoms with Gasteiger partial charge < -0.3 is 14.6 Å². The van der Waals surface area contributed by atoms with Crippen LogP contribution >= 0.6 is 0 Å². The molecule has 1 heterocycles. The highest BCUT2D eigenvalue weighted by Gasteiger charge is 2.28. The average molecular weight is 351 g/mol. The van der Waals surface area contributed by atoms with Crippen LogP contribution in [0.2, 0.25) is 0 Å². The normalized spacial score (nSPS) is 13.1. The second-order valence-corrected chi connectivity index (χ2v) is 6.48. The highest BCUT2D eigenvalue weighted by molar-refractivity contribution is 5.93. The van der Waals surface area contributed by atoms with Crippen molar-refractivity contribution in [2.75, 3.05) is 11.9 Å². The highest BCUT2D eigenvalue weighted by Crippen LogP contribution is 2.38. The first-order valence-corrected chi connectivity index (χ1v) is 8.65. The molecule has 1 aliphatic rings. The molecule has 0 aliphatic heterocycles. The standard InChI is InChI=1S/C20H21N3O3/c1-13-11-17(14(2)23(13)16-7-8-16)20(25)26-10-9-19(24)22-18-6-4-3-5-15(18)12-21/h3-6,11,16H,7-10H2,1-2H3,(H,22,24). The summed E-state index contributed by atoms with van der Waals surface area (Å²) in [5.41, 5.74) is 3.39. The van der Waals surface area contributed by atoms with Gasteiger partial charge in [0.1, 0.15) is 12.7 Å². The molecule has 6 heteroatoms. The lowest BCUT2D eigenvalue weighted by Gasteiger charge is -2.09. The van der Waals surface area contributed by atoms with Crippen LogP contribution in [-0.2, 0) is 9.53 Å². The first-order chi connectivity index (χ1) is 12.5. The van der Waals surface area contributed by atoms with Crippen LogP contribution in [0.25, 0.3) is 0 Å². The zero-order valence-corrected chi connectivity index (χ0v) is 14.9. The number of hydrogen-bond acceptors (Lipinski definition) is 4. The van der Waals surface area contributed by atoms with Crippen molar-refractivity contribution in [2.45, 2.75) is 39.2 Å². The molecule has 1 aliphatic carbocycles. The molecule has 0 unspecified atom stereocenters. The minimum Gasteiger partial charge on any atom is -0.462 e. The number of carbonyl (C=O) groups excluding carboxylic acids is 2. The number of benzene rings is 1. The number of amides is 1. The Labute approximate surface area is 152 Å². The van der Waals surface area contributed by atoms with Crippen LogP contribution in [-0.4, -0.2) is 23.1 Å². The van der Waals surface area contributed by atoms with Crippen LogP contribution in [0.5, 0.6) is 0 Å². The van der Waals surface area contributed by atoms with E-state index in [1.165, 1.54) is 0 Å². The Hall–Kier alpha value is -3.07. The lowest BCUT2D eigenvalue weighted by molar-refractivity contribution is -0.116. The van der Waals surface area contributed by atoms with Crippen molar-refractivity contribution in [1.29, 1.82) is 5.26 Å². The molecule has 0 bridgehead atoms. The van der Waals surface area contributed by atoms with Gasteiger partial charge in [0.05, 0.1) is 23.2 Å². The molecule has 1 fully saturated rings. The van der Waals surface area contributed by atoms with Crippen molar-refractivity contribution in [3.05, 3.63) is 52.8 Å². The number of nitrogens with one attached hydrogen (secondary N) is 1. The molecule has 2 aromatic rings. The number of nitrogens with zero attached hydrogens (tertiary/aromatic N) is 2. The van der Waals surface area contributed by atoms with E-state index in [1.54, 1.807) is 24.3 Å². The third-order valence-corrected chi connectivity index (χ3v) is 4.50. The number of carbonyl (C=O) groups is 2. The lowest BCUT2D eigenvalue weighted by atomic mass is 10.2. The molecule has 0 saturated heterocycles. The summed E-state index contributed by atoms with van der Waals surface area (Å²) in [4.78, 5) is 24.3. The number of esters is 1. The topological polar surface area (TPSA) is 84.1 Å². The Morgan fingerprint density at radius 3 is 2.73 bits per heavy atom. The van der Waals surface area contributed by atoms with Crippen molar-refractivity contribution in [2.24, 2.45) is 0 Å². The summed E-state index contributed by atoms with van der Waals surface area (Å²) in [5, 5.41) is 11.7. The Morgan fingerprint density at radius 1 is 1.31 bits per heavy atom. The summed E-state index contributed by atoms with van der Waals surface area (Å²) in [7, 11) is 0. The highest BCUT2D eigenvalue weighted by atomic mass is 16.5. The van der Waals surface area contributed by atoms with E-state index in [4.69, 9.17) is 10.00 Å². The fourth-order valence-electron chi connectivity index (χ4n) is 3.09. The number of rotatable bonds is 6. The molecular weight excluding hydrogens is 330 g/mol. The Bertz CT molecular complexity index is 888. The zero-order valence-electron chi connectivity index (χ0n) is 14.9. The third-order valence-electron chi connectivity index (χ3n) is 4.50. The van der Waals surface area contributed by atoms with E-state index in [9.17, 15) is 9.59 Å². The van der Waals surface area contributed by atoms with Crippen molar-refractivity contribution >= 4 is 17.6 Å². The maximum Gasteiger partial charge on any atom is 0.339 e. The summed E-state index contributed by atoms with van der Waals surface area (Å²) in [6.07, 6.45) is 2.33.